The van der Waals surface area contributed by atoms with E-state index in [9.17, 15) is 18.0 Å². The van der Waals surface area contributed by atoms with E-state index in [1.165, 1.54) is 39.4 Å². The molecule has 0 bridgehead atoms. The minimum absolute atomic E-state index is 0.0295. The van der Waals surface area contributed by atoms with Gasteiger partial charge in [0.25, 0.3) is 10.9 Å². The summed E-state index contributed by atoms with van der Waals surface area (Å²) in [5.41, 5.74) is -0.977. The molecule has 1 N–H and O–H groups in total. The van der Waals surface area contributed by atoms with Crippen molar-refractivity contribution in [3.8, 4) is 5.75 Å². The van der Waals surface area contributed by atoms with Crippen molar-refractivity contribution in [2.45, 2.75) is 4.90 Å². The predicted molar refractivity (Wildman–Crippen MR) is 78.5 cm³/mol. The Morgan fingerprint density at radius 2 is 1.81 bits per heavy atom. The lowest BCUT2D eigenvalue weighted by atomic mass is 10.2. The lowest BCUT2D eigenvalue weighted by Gasteiger charge is -2.14. The van der Waals surface area contributed by atoms with Gasteiger partial charge in [0.05, 0.1) is 12.0 Å². The minimum Gasteiger partial charge on any atom is -0.491 e. The van der Waals surface area contributed by atoms with Gasteiger partial charge in [0.2, 0.25) is 10.0 Å². The maximum Gasteiger partial charge on any atom is 0.272 e. The number of ether oxygens (including phenoxy) is 1. The first-order chi connectivity index (χ1) is 9.78. The molecule has 8 heteroatoms. The van der Waals surface area contributed by atoms with E-state index in [1.54, 1.807) is 6.07 Å². The SMILES string of the molecule is COc1c(Nc2cccc(S(=O)(=O)N(C)C)c2)c(=O)c1=O. The summed E-state index contributed by atoms with van der Waals surface area (Å²) in [7, 11) is 0.564. The van der Waals surface area contributed by atoms with Crippen LogP contribution in [0.4, 0.5) is 11.4 Å². The number of hydrogen-bond acceptors (Lipinski definition) is 6. The predicted octanol–water partition coefficient (Wildman–Crippen LogP) is 0.285. The third-order valence-corrected chi connectivity index (χ3v) is 4.76. The van der Waals surface area contributed by atoms with Crippen LogP contribution in [0.15, 0.2) is 38.8 Å². The zero-order valence-corrected chi connectivity index (χ0v) is 12.5. The van der Waals surface area contributed by atoms with Gasteiger partial charge in [0, 0.05) is 19.8 Å². The van der Waals surface area contributed by atoms with Gasteiger partial charge < -0.3 is 10.1 Å². The molecule has 7 nitrogen and oxygen atoms in total. The number of sulfonamides is 1. The minimum atomic E-state index is -3.57. The summed E-state index contributed by atoms with van der Waals surface area (Å²) in [6.07, 6.45) is 0. The van der Waals surface area contributed by atoms with E-state index in [1.807, 2.05) is 0 Å². The molecular weight excluding hydrogens is 296 g/mol. The molecule has 0 aliphatic rings. The third kappa shape index (κ3) is 2.55. The van der Waals surface area contributed by atoms with Crippen LogP contribution in [0.5, 0.6) is 5.75 Å². The van der Waals surface area contributed by atoms with Gasteiger partial charge in [-0.2, -0.15) is 0 Å². The molecule has 2 aromatic carbocycles. The van der Waals surface area contributed by atoms with Gasteiger partial charge in [-0.3, -0.25) is 9.59 Å². The summed E-state index contributed by atoms with van der Waals surface area (Å²) in [4.78, 5) is 22.8. The van der Waals surface area contributed by atoms with Gasteiger partial charge in [0.15, 0.2) is 5.75 Å². The molecule has 0 fully saturated rings. The van der Waals surface area contributed by atoms with E-state index in [-0.39, 0.29) is 16.3 Å². The quantitative estimate of drug-likeness (QED) is 0.798. The van der Waals surface area contributed by atoms with Crippen molar-refractivity contribution in [1.82, 2.24) is 4.31 Å². The van der Waals surface area contributed by atoms with E-state index in [4.69, 9.17) is 4.74 Å². The normalized spacial score (nSPS) is 11.8. The number of benzene rings is 1. The van der Waals surface area contributed by atoms with Crippen LogP contribution in [0, 0.1) is 0 Å². The first kappa shape index (κ1) is 15.2. The van der Waals surface area contributed by atoms with Crippen LogP contribution in [-0.2, 0) is 10.0 Å². The highest BCUT2D eigenvalue weighted by molar-refractivity contribution is 7.89. The Kier molecular flexibility index (Phi) is 3.84. The summed E-state index contributed by atoms with van der Waals surface area (Å²) >= 11 is 0. The topological polar surface area (TPSA) is 92.8 Å². The fraction of sp³-hybridized carbons (Fsp3) is 0.231. The molecule has 0 saturated carbocycles. The second kappa shape index (κ2) is 5.30. The molecule has 0 aliphatic carbocycles. The summed E-state index contributed by atoms with van der Waals surface area (Å²) in [5.74, 6) is -0.0548. The van der Waals surface area contributed by atoms with E-state index in [2.05, 4.69) is 5.32 Å². The molecule has 21 heavy (non-hydrogen) atoms. The highest BCUT2D eigenvalue weighted by Crippen LogP contribution is 2.24. The van der Waals surface area contributed by atoms with Crippen LogP contribution in [0.2, 0.25) is 0 Å². The number of anilines is 2. The van der Waals surface area contributed by atoms with Crippen molar-refractivity contribution in [2.75, 3.05) is 26.5 Å². The van der Waals surface area contributed by atoms with Gasteiger partial charge in [0.1, 0.15) is 5.69 Å². The number of nitrogens with one attached hydrogen (secondary N) is 1. The van der Waals surface area contributed by atoms with E-state index < -0.39 is 20.9 Å². The summed E-state index contributed by atoms with van der Waals surface area (Å²) < 4.78 is 30.0. The molecule has 0 spiro atoms. The Balaban J connectivity index is 2.38. The van der Waals surface area contributed by atoms with Crippen molar-refractivity contribution in [2.24, 2.45) is 0 Å². The fourth-order valence-electron chi connectivity index (χ4n) is 1.77. The van der Waals surface area contributed by atoms with Crippen molar-refractivity contribution in [3.05, 3.63) is 44.7 Å². The monoisotopic (exact) mass is 310 g/mol. The first-order valence-electron chi connectivity index (χ1n) is 5.96. The summed E-state index contributed by atoms with van der Waals surface area (Å²) in [5, 5.41) is 2.71. The number of hydrogen-bond donors (Lipinski definition) is 1. The third-order valence-electron chi connectivity index (χ3n) is 2.95. The Labute approximate surface area is 121 Å². The van der Waals surface area contributed by atoms with Gasteiger partial charge in [-0.1, -0.05) is 6.07 Å². The molecule has 0 radical (unpaired) electrons. The zero-order valence-electron chi connectivity index (χ0n) is 11.7. The van der Waals surface area contributed by atoms with Crippen molar-refractivity contribution in [3.63, 3.8) is 0 Å². The van der Waals surface area contributed by atoms with Crippen molar-refractivity contribution >= 4 is 21.4 Å². The van der Waals surface area contributed by atoms with Gasteiger partial charge in [-0.15, -0.1) is 0 Å². The van der Waals surface area contributed by atoms with Crippen LogP contribution in [0.25, 0.3) is 0 Å². The second-order valence-electron chi connectivity index (χ2n) is 4.51. The average Bonchev–Trinajstić information content (AvgIpc) is 2.46. The first-order valence-corrected chi connectivity index (χ1v) is 7.40. The second-order valence-corrected chi connectivity index (χ2v) is 6.66. The molecule has 0 saturated heterocycles. The molecule has 0 unspecified atom stereocenters. The molecular formula is C13H14N2O5S. The molecule has 0 aliphatic heterocycles. The van der Waals surface area contributed by atoms with Gasteiger partial charge in [-0.05, 0) is 18.2 Å². The number of nitrogens with zero attached hydrogens (tertiary/aromatic N) is 1. The standard InChI is InChI=1S/C13H14N2O5S/c1-15(2)21(18,19)9-6-4-5-8(7-9)14-10-11(16)12(17)13(10)20-3/h4-7,14H,1-3H3. The Morgan fingerprint density at radius 1 is 1.14 bits per heavy atom. The molecule has 112 valence electrons. The molecule has 0 aromatic heterocycles. The van der Waals surface area contributed by atoms with Gasteiger partial charge in [-0.25, -0.2) is 12.7 Å². The maximum absolute atomic E-state index is 12.0. The molecule has 2 aromatic rings. The fourth-order valence-corrected chi connectivity index (χ4v) is 2.72. The van der Waals surface area contributed by atoms with Crippen molar-refractivity contribution < 1.29 is 13.2 Å². The van der Waals surface area contributed by atoms with E-state index in [0.29, 0.717) is 5.69 Å². The van der Waals surface area contributed by atoms with E-state index >= 15 is 0 Å². The summed E-state index contributed by atoms with van der Waals surface area (Å²) in [6.45, 7) is 0. The number of rotatable bonds is 5. The molecule has 0 amide bonds. The van der Waals surface area contributed by atoms with Crippen LogP contribution < -0.4 is 20.9 Å². The van der Waals surface area contributed by atoms with Crippen LogP contribution in [0.1, 0.15) is 0 Å². The molecule has 0 atom stereocenters. The van der Waals surface area contributed by atoms with Gasteiger partial charge >= 0.3 is 0 Å². The largest absolute Gasteiger partial charge is 0.491 e. The van der Waals surface area contributed by atoms with Crippen LogP contribution >= 0.6 is 0 Å². The van der Waals surface area contributed by atoms with Crippen molar-refractivity contribution in [1.29, 1.82) is 0 Å². The maximum atomic E-state index is 12.0. The highest BCUT2D eigenvalue weighted by atomic mass is 32.2. The Hall–Kier alpha value is -2.19. The van der Waals surface area contributed by atoms with E-state index in [0.717, 1.165) is 4.31 Å². The summed E-state index contributed by atoms with van der Waals surface area (Å²) in [6, 6.07) is 5.95. The highest BCUT2D eigenvalue weighted by Gasteiger charge is 2.22. The number of methoxy groups -OCH3 is 1. The lowest BCUT2D eigenvalue weighted by molar-refractivity contribution is 0.408. The zero-order chi connectivity index (χ0) is 15.8. The average molecular weight is 310 g/mol. The Morgan fingerprint density at radius 3 is 2.38 bits per heavy atom. The Bertz CT molecular complexity index is 848. The van der Waals surface area contributed by atoms with Crippen LogP contribution in [-0.4, -0.2) is 33.9 Å². The lowest BCUT2D eigenvalue weighted by Crippen LogP contribution is -2.34. The molecule has 2 rings (SSSR count). The molecule has 0 heterocycles. The van der Waals surface area contributed by atoms with Crippen LogP contribution in [0.3, 0.4) is 0 Å². The smallest absolute Gasteiger partial charge is 0.272 e.